The van der Waals surface area contributed by atoms with E-state index in [2.05, 4.69) is 20.3 Å². The van der Waals surface area contributed by atoms with Gasteiger partial charge in [-0.3, -0.25) is 4.79 Å². The molecule has 0 aliphatic carbocycles. The molecule has 5 N–H and O–H groups in total. The van der Waals surface area contributed by atoms with E-state index in [0.29, 0.717) is 10.3 Å². The van der Waals surface area contributed by atoms with Gasteiger partial charge >= 0.3 is 0 Å². The number of benzene rings is 1. The summed E-state index contributed by atoms with van der Waals surface area (Å²) in [5.74, 6) is 0.306. The van der Waals surface area contributed by atoms with Crippen LogP contribution in [0.5, 0.6) is 0 Å². The fraction of sp³-hybridized carbons (Fsp3) is 0.0667. The van der Waals surface area contributed by atoms with Crippen LogP contribution in [-0.2, 0) is 4.79 Å². The summed E-state index contributed by atoms with van der Waals surface area (Å²) in [6.45, 7) is 0. The molecule has 2 aromatic heterocycles. The van der Waals surface area contributed by atoms with E-state index in [1.54, 1.807) is 11.6 Å². The average molecular weight is 358 g/mol. The SMILES string of the molecule is Nc1cc(N)nc(SC(C(=O)Nc2nccs2)c2ccccc2)n1. The number of nitrogens with one attached hydrogen (secondary N) is 1. The van der Waals surface area contributed by atoms with E-state index in [0.717, 1.165) is 5.56 Å². The Hall–Kier alpha value is -2.65. The lowest BCUT2D eigenvalue weighted by molar-refractivity contribution is -0.115. The molecule has 2 heterocycles. The lowest BCUT2D eigenvalue weighted by Crippen LogP contribution is -2.19. The summed E-state index contributed by atoms with van der Waals surface area (Å²) < 4.78 is 0. The molecule has 7 nitrogen and oxygen atoms in total. The van der Waals surface area contributed by atoms with Gasteiger partial charge in [-0.05, 0) is 5.56 Å². The number of nitrogens with zero attached hydrogens (tertiary/aromatic N) is 3. The third-order valence-electron chi connectivity index (χ3n) is 2.97. The molecular weight excluding hydrogens is 344 g/mol. The maximum absolute atomic E-state index is 12.7. The van der Waals surface area contributed by atoms with Gasteiger partial charge in [0.2, 0.25) is 5.91 Å². The highest BCUT2D eigenvalue weighted by atomic mass is 32.2. The first-order valence-corrected chi connectivity index (χ1v) is 8.70. The van der Waals surface area contributed by atoms with Crippen molar-refractivity contribution >= 4 is 45.8 Å². The van der Waals surface area contributed by atoms with Crippen LogP contribution in [0.3, 0.4) is 0 Å². The fourth-order valence-corrected chi connectivity index (χ4v) is 3.50. The number of rotatable bonds is 5. The lowest BCUT2D eigenvalue weighted by atomic mass is 10.1. The molecule has 24 heavy (non-hydrogen) atoms. The molecule has 3 aromatic rings. The summed E-state index contributed by atoms with van der Waals surface area (Å²) in [6, 6.07) is 10.8. The van der Waals surface area contributed by atoms with E-state index < -0.39 is 5.25 Å². The number of nitrogens with two attached hydrogens (primary N) is 2. The summed E-state index contributed by atoms with van der Waals surface area (Å²) in [4.78, 5) is 25.0. The summed E-state index contributed by atoms with van der Waals surface area (Å²) in [5, 5.41) is 4.91. The molecule has 1 atom stereocenters. The van der Waals surface area contributed by atoms with Gasteiger partial charge in [-0.15, -0.1) is 11.3 Å². The second kappa shape index (κ2) is 7.28. The van der Waals surface area contributed by atoms with Gasteiger partial charge in [0.05, 0.1) is 0 Å². The second-order valence-corrected chi connectivity index (χ2v) is 6.70. The molecule has 3 rings (SSSR count). The number of aromatic nitrogens is 3. The first kappa shape index (κ1) is 16.2. The Bertz CT molecular complexity index is 805. The predicted octanol–water partition coefficient (Wildman–Crippen LogP) is 2.57. The topological polar surface area (TPSA) is 120 Å². The third-order valence-corrected chi connectivity index (χ3v) is 4.78. The van der Waals surface area contributed by atoms with E-state index in [-0.39, 0.29) is 17.5 Å². The molecule has 0 spiro atoms. The van der Waals surface area contributed by atoms with Gasteiger partial charge in [0.25, 0.3) is 0 Å². The van der Waals surface area contributed by atoms with Crippen LogP contribution >= 0.6 is 23.1 Å². The van der Waals surface area contributed by atoms with Crippen molar-refractivity contribution in [3.8, 4) is 0 Å². The van der Waals surface area contributed by atoms with Crippen LogP contribution in [0, 0.1) is 0 Å². The minimum atomic E-state index is -0.559. The van der Waals surface area contributed by atoms with Crippen molar-refractivity contribution in [2.45, 2.75) is 10.4 Å². The standard InChI is InChI=1S/C15H14N6OS2/c16-10-8-11(17)20-15(19-10)24-12(9-4-2-1-3-5-9)13(22)21-14-18-6-7-23-14/h1-8,12H,(H,18,21,22)(H4,16,17,19,20). The molecule has 9 heteroatoms. The Labute approximate surface area is 146 Å². The van der Waals surface area contributed by atoms with E-state index in [9.17, 15) is 4.79 Å². The first-order chi connectivity index (χ1) is 11.6. The second-order valence-electron chi connectivity index (χ2n) is 4.74. The number of hydrogen-bond acceptors (Lipinski definition) is 8. The summed E-state index contributed by atoms with van der Waals surface area (Å²) >= 11 is 2.53. The van der Waals surface area contributed by atoms with Crippen LogP contribution < -0.4 is 16.8 Å². The van der Waals surface area contributed by atoms with Crippen LogP contribution in [0.15, 0.2) is 53.1 Å². The Kier molecular flexibility index (Phi) is 4.92. The minimum absolute atomic E-state index is 0.217. The third kappa shape index (κ3) is 4.00. The summed E-state index contributed by atoms with van der Waals surface area (Å²) in [7, 11) is 0. The summed E-state index contributed by atoms with van der Waals surface area (Å²) in [5.41, 5.74) is 12.2. The number of thioether (sulfide) groups is 1. The van der Waals surface area contributed by atoms with Gasteiger partial charge in [-0.1, -0.05) is 42.1 Å². The van der Waals surface area contributed by atoms with Gasteiger partial charge in [0.15, 0.2) is 10.3 Å². The highest BCUT2D eigenvalue weighted by molar-refractivity contribution is 8.00. The fourth-order valence-electron chi connectivity index (χ4n) is 1.98. The minimum Gasteiger partial charge on any atom is -0.383 e. The van der Waals surface area contributed by atoms with Gasteiger partial charge in [-0.25, -0.2) is 15.0 Å². The smallest absolute Gasteiger partial charge is 0.244 e. The summed E-state index contributed by atoms with van der Waals surface area (Å²) in [6.07, 6.45) is 1.63. The van der Waals surface area contributed by atoms with Crippen LogP contribution in [-0.4, -0.2) is 20.9 Å². The highest BCUT2D eigenvalue weighted by Crippen LogP contribution is 2.35. The molecule has 1 aromatic carbocycles. The van der Waals surface area contributed by atoms with Crippen LogP contribution in [0.4, 0.5) is 16.8 Å². The van der Waals surface area contributed by atoms with E-state index in [4.69, 9.17) is 11.5 Å². The van der Waals surface area contributed by atoms with Crippen molar-refractivity contribution in [2.75, 3.05) is 16.8 Å². The average Bonchev–Trinajstić information content (AvgIpc) is 3.05. The molecule has 122 valence electrons. The van der Waals surface area contributed by atoms with Crippen molar-refractivity contribution in [1.82, 2.24) is 15.0 Å². The zero-order valence-electron chi connectivity index (χ0n) is 12.4. The molecule has 0 radical (unpaired) electrons. The number of amides is 1. The number of thiazole rings is 1. The van der Waals surface area contributed by atoms with Crippen LogP contribution in [0.25, 0.3) is 0 Å². The van der Waals surface area contributed by atoms with Crippen molar-refractivity contribution < 1.29 is 4.79 Å². The normalized spacial score (nSPS) is 11.8. The number of nitrogen functional groups attached to an aromatic ring is 2. The Balaban J connectivity index is 1.88. The first-order valence-electron chi connectivity index (χ1n) is 6.94. The largest absolute Gasteiger partial charge is 0.383 e. The molecule has 0 aliphatic rings. The van der Waals surface area contributed by atoms with Gasteiger partial charge < -0.3 is 16.8 Å². The molecule has 1 unspecified atom stereocenters. The zero-order chi connectivity index (χ0) is 16.9. The maximum Gasteiger partial charge on any atom is 0.244 e. The van der Waals surface area contributed by atoms with Crippen molar-refractivity contribution in [3.63, 3.8) is 0 Å². The van der Waals surface area contributed by atoms with E-state index in [1.165, 1.54) is 29.2 Å². The molecule has 1 amide bonds. The number of hydrogen-bond donors (Lipinski definition) is 3. The zero-order valence-corrected chi connectivity index (χ0v) is 14.1. The number of carbonyl (C=O) groups excluding carboxylic acids is 1. The number of anilines is 3. The van der Waals surface area contributed by atoms with E-state index in [1.807, 2.05) is 30.3 Å². The Morgan fingerprint density at radius 2 is 1.88 bits per heavy atom. The predicted molar refractivity (Wildman–Crippen MR) is 96.6 cm³/mol. The van der Waals surface area contributed by atoms with Gasteiger partial charge in [0, 0.05) is 17.6 Å². The van der Waals surface area contributed by atoms with Crippen molar-refractivity contribution in [3.05, 3.63) is 53.5 Å². The number of carbonyl (C=O) groups is 1. The Morgan fingerprint density at radius 1 is 1.17 bits per heavy atom. The quantitative estimate of drug-likeness (QED) is 0.473. The molecule has 0 saturated carbocycles. The van der Waals surface area contributed by atoms with Gasteiger partial charge in [-0.2, -0.15) is 0 Å². The van der Waals surface area contributed by atoms with Crippen LogP contribution in [0.1, 0.15) is 10.8 Å². The van der Waals surface area contributed by atoms with Crippen molar-refractivity contribution in [2.24, 2.45) is 0 Å². The van der Waals surface area contributed by atoms with Gasteiger partial charge in [0.1, 0.15) is 16.9 Å². The molecule has 0 fully saturated rings. The molecule has 0 aliphatic heterocycles. The van der Waals surface area contributed by atoms with Crippen molar-refractivity contribution in [1.29, 1.82) is 0 Å². The molecule has 0 bridgehead atoms. The van der Waals surface area contributed by atoms with E-state index >= 15 is 0 Å². The van der Waals surface area contributed by atoms with Crippen LogP contribution in [0.2, 0.25) is 0 Å². The molecular formula is C15H14N6OS2. The maximum atomic E-state index is 12.7. The Morgan fingerprint density at radius 3 is 2.50 bits per heavy atom. The lowest BCUT2D eigenvalue weighted by Gasteiger charge is -2.15. The monoisotopic (exact) mass is 358 g/mol. The molecule has 0 saturated heterocycles. The highest BCUT2D eigenvalue weighted by Gasteiger charge is 2.24.